The van der Waals surface area contributed by atoms with Gasteiger partial charge in [0.05, 0.1) is 7.11 Å². The van der Waals surface area contributed by atoms with Gasteiger partial charge in [0.1, 0.15) is 5.75 Å². The molecular weight excluding hydrogens is 262 g/mol. The van der Waals surface area contributed by atoms with Crippen LogP contribution < -0.4 is 10.1 Å². The van der Waals surface area contributed by atoms with Crippen LogP contribution in [0.25, 0.3) is 0 Å². The number of benzene rings is 1. The highest BCUT2D eigenvalue weighted by atomic mass is 16.5. The Morgan fingerprint density at radius 3 is 2.35 bits per heavy atom. The van der Waals surface area contributed by atoms with Crippen LogP contribution in [0.5, 0.6) is 5.75 Å². The molecule has 1 amide bonds. The highest BCUT2D eigenvalue weighted by molar-refractivity contribution is 6.07. The van der Waals surface area contributed by atoms with Crippen LogP contribution in [0.3, 0.4) is 0 Å². The number of carbonyl (C=O) groups is 2. The fraction of sp³-hybridized carbons (Fsp3) is 0.357. The van der Waals surface area contributed by atoms with Crippen molar-refractivity contribution in [3.63, 3.8) is 0 Å². The van der Waals surface area contributed by atoms with Gasteiger partial charge in [-0.3, -0.25) is 9.59 Å². The first-order valence-electron chi connectivity index (χ1n) is 6.13. The van der Waals surface area contributed by atoms with E-state index in [-0.39, 0.29) is 6.61 Å². The molecule has 1 rings (SSSR count). The summed E-state index contributed by atoms with van der Waals surface area (Å²) in [6, 6.07) is 5.20. The maximum absolute atomic E-state index is 12.0. The zero-order chi connectivity index (χ0) is 15.1. The van der Waals surface area contributed by atoms with E-state index in [9.17, 15) is 14.4 Å². The number of esters is 1. The number of amides is 1. The molecular formula is C14H18NO5+. The number of rotatable bonds is 6. The number of hydrogen-bond acceptors (Lipinski definition) is 4. The Morgan fingerprint density at radius 2 is 1.90 bits per heavy atom. The van der Waals surface area contributed by atoms with Crippen LogP contribution in [0.15, 0.2) is 24.3 Å². The minimum atomic E-state index is -1.18. The first-order chi connectivity index (χ1) is 9.49. The number of nitrogens with one attached hydrogen (secondary N) is 1. The third-order valence-corrected chi connectivity index (χ3v) is 2.57. The van der Waals surface area contributed by atoms with Crippen molar-refractivity contribution in [2.75, 3.05) is 13.7 Å². The Kier molecular flexibility index (Phi) is 5.71. The van der Waals surface area contributed by atoms with Gasteiger partial charge >= 0.3 is 5.97 Å². The van der Waals surface area contributed by atoms with E-state index in [0.29, 0.717) is 11.3 Å². The number of ether oxygens (including phenoxy) is 2. The molecule has 6 heteroatoms. The van der Waals surface area contributed by atoms with Gasteiger partial charge in [-0.1, -0.05) is 0 Å². The molecule has 1 unspecified atom stereocenters. The predicted molar refractivity (Wildman–Crippen MR) is 73.5 cm³/mol. The molecule has 20 heavy (non-hydrogen) atoms. The van der Waals surface area contributed by atoms with E-state index in [4.69, 9.17) is 9.47 Å². The molecule has 0 heterocycles. The van der Waals surface area contributed by atoms with Crippen molar-refractivity contribution in [1.29, 1.82) is 0 Å². The smallest absolute Gasteiger partial charge is 0.497 e. The van der Waals surface area contributed by atoms with Crippen molar-refractivity contribution in [3.8, 4) is 5.75 Å². The molecule has 0 aliphatic rings. The van der Waals surface area contributed by atoms with Gasteiger partial charge in [-0.05, 0) is 38.1 Å². The van der Waals surface area contributed by atoms with E-state index < -0.39 is 23.7 Å². The molecule has 0 aliphatic heterocycles. The van der Waals surface area contributed by atoms with Gasteiger partial charge in [0.15, 0.2) is 12.4 Å². The zero-order valence-corrected chi connectivity index (χ0v) is 11.7. The van der Waals surface area contributed by atoms with E-state index in [1.807, 2.05) is 0 Å². The van der Waals surface area contributed by atoms with Crippen molar-refractivity contribution in [2.45, 2.75) is 19.9 Å². The van der Waals surface area contributed by atoms with Crippen LogP contribution in [0.4, 0.5) is 0 Å². The van der Waals surface area contributed by atoms with Gasteiger partial charge < -0.3 is 19.6 Å². The van der Waals surface area contributed by atoms with Gasteiger partial charge in [-0.15, -0.1) is 0 Å². The lowest BCUT2D eigenvalue weighted by Gasteiger charge is -2.10. The van der Waals surface area contributed by atoms with Crippen LogP contribution in [-0.2, 0) is 9.53 Å². The molecule has 0 fully saturated rings. The van der Waals surface area contributed by atoms with Gasteiger partial charge in [0.25, 0.3) is 5.91 Å². The van der Waals surface area contributed by atoms with Gasteiger partial charge in [0.2, 0.25) is 6.04 Å². The van der Waals surface area contributed by atoms with Crippen LogP contribution in [0.1, 0.15) is 24.2 Å². The predicted octanol–water partition coefficient (Wildman–Crippen LogP) is 0.921. The van der Waals surface area contributed by atoms with E-state index in [2.05, 4.69) is 5.32 Å². The van der Waals surface area contributed by atoms with Gasteiger partial charge in [-0.2, -0.15) is 0 Å². The van der Waals surface area contributed by atoms with Crippen molar-refractivity contribution < 1.29 is 23.9 Å². The summed E-state index contributed by atoms with van der Waals surface area (Å²) >= 11 is 0. The van der Waals surface area contributed by atoms with Crippen LogP contribution in [0.2, 0.25) is 0 Å². The van der Waals surface area contributed by atoms with Crippen molar-refractivity contribution in [1.82, 2.24) is 5.32 Å². The molecule has 6 nitrogen and oxygen atoms in total. The number of hydrogen-bond donors (Lipinski definition) is 1. The topological polar surface area (TPSA) is 86.0 Å². The summed E-state index contributed by atoms with van der Waals surface area (Å²) in [6.07, 6.45) is 0. The molecule has 1 aromatic rings. The maximum atomic E-state index is 12.0. The molecule has 0 spiro atoms. The van der Waals surface area contributed by atoms with E-state index >= 15 is 0 Å². The second-order valence-corrected chi connectivity index (χ2v) is 4.02. The fourth-order valence-electron chi connectivity index (χ4n) is 1.53. The lowest BCUT2D eigenvalue weighted by molar-refractivity contribution is -0.117. The molecule has 108 valence electrons. The molecule has 0 bridgehead atoms. The lowest BCUT2D eigenvalue weighted by Crippen LogP contribution is -2.46. The molecule has 0 saturated carbocycles. The average molecular weight is 280 g/mol. The summed E-state index contributed by atoms with van der Waals surface area (Å²) in [6.45, 7) is 3.13. The Balaban J connectivity index is 2.79. The number of carbonyl (C=O) groups excluding carboxylic acids is 3. The number of ketones is 1. The largest absolute Gasteiger partial charge is 0.514 e. The second kappa shape index (κ2) is 7.28. The quantitative estimate of drug-likeness (QED) is 0.477. The summed E-state index contributed by atoms with van der Waals surface area (Å²) in [4.78, 5) is 33.0. The Hall–Kier alpha value is -2.37. The van der Waals surface area contributed by atoms with E-state index in [1.54, 1.807) is 31.2 Å². The third-order valence-electron chi connectivity index (χ3n) is 2.57. The van der Waals surface area contributed by atoms with Crippen molar-refractivity contribution >= 4 is 17.7 Å². The van der Waals surface area contributed by atoms with Crippen LogP contribution in [-0.4, -0.2) is 42.2 Å². The second-order valence-electron chi connectivity index (χ2n) is 4.02. The van der Waals surface area contributed by atoms with Gasteiger partial charge in [-0.25, -0.2) is 0 Å². The Labute approximate surface area is 117 Å². The molecule has 0 saturated heterocycles. The Morgan fingerprint density at radius 1 is 1.30 bits per heavy atom. The highest BCUT2D eigenvalue weighted by Crippen LogP contribution is 2.11. The highest BCUT2D eigenvalue weighted by Gasteiger charge is 2.33. The number of Topliss-reactive ketones (excluding diaryl/α,β-unsaturated/α-hetero) is 1. The Bertz CT molecular complexity index is 495. The summed E-state index contributed by atoms with van der Waals surface area (Å²) in [7, 11) is 1.52. The third kappa shape index (κ3) is 4.08. The van der Waals surface area contributed by atoms with E-state index in [1.165, 1.54) is 14.0 Å². The molecule has 0 radical (unpaired) electrons. The lowest BCUT2D eigenvalue weighted by atomic mass is 10.1. The zero-order valence-electron chi connectivity index (χ0n) is 11.7. The fourth-order valence-corrected chi connectivity index (χ4v) is 1.53. The van der Waals surface area contributed by atoms with Crippen molar-refractivity contribution in [3.05, 3.63) is 29.8 Å². The monoisotopic (exact) mass is 280 g/mol. The molecule has 1 atom stereocenters. The minimum Gasteiger partial charge on any atom is -0.497 e. The molecule has 0 aliphatic carbocycles. The standard InChI is InChI=1S/C14H17NO5/c1-4-20-14(18)12(9(2)16)15-13(17)10-5-7-11(19-3)8-6-10/h5-8,12H,4H2,1-3H3,(H,15,17)/p+1. The first kappa shape index (κ1) is 15.7. The van der Waals surface area contributed by atoms with Crippen LogP contribution in [0, 0.1) is 0 Å². The maximum Gasteiger partial charge on any atom is 0.514 e. The number of methoxy groups -OCH3 is 1. The first-order valence-corrected chi connectivity index (χ1v) is 6.13. The molecule has 1 aromatic carbocycles. The summed E-state index contributed by atoms with van der Waals surface area (Å²) in [5.74, 6) is -0.799. The average Bonchev–Trinajstić information content (AvgIpc) is 2.44. The molecule has 2 N–H and O–H groups in total. The normalized spacial score (nSPS) is 11.3. The minimum absolute atomic E-state index is 0.202. The van der Waals surface area contributed by atoms with Crippen LogP contribution >= 0.6 is 0 Å². The van der Waals surface area contributed by atoms with Gasteiger partial charge in [0, 0.05) is 5.56 Å². The summed E-state index contributed by atoms with van der Waals surface area (Å²) < 4.78 is 9.84. The molecule has 0 aromatic heterocycles. The summed E-state index contributed by atoms with van der Waals surface area (Å²) in [5, 5.41) is 2.41. The van der Waals surface area contributed by atoms with Crippen molar-refractivity contribution in [2.24, 2.45) is 0 Å². The SMILES string of the molecule is CCOC(=[OH+])C(NC(=O)c1ccc(OC)cc1)C(C)=O. The summed E-state index contributed by atoms with van der Waals surface area (Å²) in [5.41, 5.74) is 0.348. The van der Waals surface area contributed by atoms with E-state index in [0.717, 1.165) is 0 Å².